The van der Waals surface area contributed by atoms with Crippen LogP contribution >= 0.6 is 0 Å². The van der Waals surface area contributed by atoms with E-state index in [-0.39, 0.29) is 23.0 Å². The highest BCUT2D eigenvalue weighted by Gasteiger charge is 2.34. The number of sulfonamides is 1. The van der Waals surface area contributed by atoms with Gasteiger partial charge in [-0.3, -0.25) is 19.2 Å². The fourth-order valence-corrected chi connectivity index (χ4v) is 6.20. The predicted octanol–water partition coefficient (Wildman–Crippen LogP) is 3.99. The molecule has 2 aliphatic rings. The third-order valence-electron chi connectivity index (χ3n) is 7.06. The van der Waals surface area contributed by atoms with Gasteiger partial charge in [-0.05, 0) is 81.0 Å². The number of alkyl halides is 1. The Morgan fingerprint density at radius 2 is 1.90 bits per heavy atom. The SMILES string of the molecule is CN1CCC(n2cc(-c3ccnc(C(N)=O)c3)c(-c3cccc(NS(=O)(=O)C4C=C(F)C=CC4F)c3F)n2)CC1. The van der Waals surface area contributed by atoms with Crippen molar-refractivity contribution in [2.75, 3.05) is 24.9 Å². The van der Waals surface area contributed by atoms with Gasteiger partial charge < -0.3 is 10.6 Å². The normalized spacial score (nSPS) is 20.4. The first-order chi connectivity index (χ1) is 19.0. The van der Waals surface area contributed by atoms with Crippen LogP contribution in [0.5, 0.6) is 0 Å². The molecule has 0 radical (unpaired) electrons. The van der Waals surface area contributed by atoms with E-state index in [9.17, 15) is 22.0 Å². The van der Waals surface area contributed by atoms with Crippen molar-refractivity contribution in [1.82, 2.24) is 19.7 Å². The summed E-state index contributed by atoms with van der Waals surface area (Å²) in [4.78, 5) is 18.0. The molecule has 1 amide bonds. The number of nitrogens with one attached hydrogen (secondary N) is 1. The molecule has 0 saturated carbocycles. The summed E-state index contributed by atoms with van der Waals surface area (Å²) < 4.78 is 73.6. The first-order valence-electron chi connectivity index (χ1n) is 12.6. The maximum absolute atomic E-state index is 16.0. The van der Waals surface area contributed by atoms with E-state index >= 15 is 4.39 Å². The molecule has 1 saturated heterocycles. The summed E-state index contributed by atoms with van der Waals surface area (Å²) in [6.45, 7) is 1.70. The fraction of sp³-hybridized carbons (Fsp3) is 0.296. The number of likely N-dealkylation sites (tertiary alicyclic amines) is 1. The Morgan fingerprint density at radius 1 is 1.15 bits per heavy atom. The zero-order valence-electron chi connectivity index (χ0n) is 21.5. The molecule has 9 nitrogen and oxygen atoms in total. The number of amides is 1. The molecule has 2 aromatic heterocycles. The lowest BCUT2D eigenvalue weighted by Gasteiger charge is -2.29. The van der Waals surface area contributed by atoms with Gasteiger partial charge in [0.2, 0.25) is 10.0 Å². The van der Waals surface area contributed by atoms with Gasteiger partial charge in [-0.2, -0.15) is 5.10 Å². The number of nitrogens with zero attached hydrogens (tertiary/aromatic N) is 4. The zero-order valence-corrected chi connectivity index (χ0v) is 22.3. The van der Waals surface area contributed by atoms with Crippen molar-refractivity contribution in [3.05, 3.63) is 78.3 Å². The van der Waals surface area contributed by atoms with Crippen molar-refractivity contribution in [2.45, 2.75) is 30.3 Å². The van der Waals surface area contributed by atoms with Crippen LogP contribution in [0.25, 0.3) is 22.4 Å². The lowest BCUT2D eigenvalue weighted by Crippen LogP contribution is -2.35. The van der Waals surface area contributed by atoms with Gasteiger partial charge >= 0.3 is 0 Å². The lowest BCUT2D eigenvalue weighted by atomic mass is 10.0. The van der Waals surface area contributed by atoms with Gasteiger partial charge in [-0.1, -0.05) is 6.07 Å². The monoisotopic (exact) mass is 572 g/mol. The summed E-state index contributed by atoms with van der Waals surface area (Å²) >= 11 is 0. The van der Waals surface area contributed by atoms with Gasteiger partial charge in [-0.25, -0.2) is 21.6 Å². The van der Waals surface area contributed by atoms with Crippen LogP contribution in [-0.2, 0) is 10.0 Å². The quantitative estimate of drug-likeness (QED) is 0.442. The summed E-state index contributed by atoms with van der Waals surface area (Å²) in [6.07, 6.45) is 5.05. The zero-order chi connectivity index (χ0) is 28.6. The van der Waals surface area contributed by atoms with Crippen molar-refractivity contribution < 1.29 is 26.4 Å². The number of pyridine rings is 1. The molecule has 1 aliphatic carbocycles. The second kappa shape index (κ2) is 10.9. The van der Waals surface area contributed by atoms with Gasteiger partial charge in [0.25, 0.3) is 5.91 Å². The number of piperidine rings is 1. The number of hydrogen-bond donors (Lipinski definition) is 2. The maximum Gasteiger partial charge on any atom is 0.267 e. The Bertz CT molecular complexity index is 1610. The number of hydrogen-bond acceptors (Lipinski definition) is 6. The van der Waals surface area contributed by atoms with Gasteiger partial charge in [0.15, 0.2) is 5.82 Å². The highest BCUT2D eigenvalue weighted by atomic mass is 32.2. The predicted molar refractivity (Wildman–Crippen MR) is 145 cm³/mol. The first kappa shape index (κ1) is 27.6. The minimum absolute atomic E-state index is 0.0140. The van der Waals surface area contributed by atoms with Crippen molar-refractivity contribution >= 4 is 21.6 Å². The van der Waals surface area contributed by atoms with Crippen LogP contribution in [-0.4, -0.2) is 65.5 Å². The van der Waals surface area contributed by atoms with Crippen LogP contribution in [0.15, 0.2) is 66.8 Å². The molecule has 40 heavy (non-hydrogen) atoms. The Morgan fingerprint density at radius 3 is 2.62 bits per heavy atom. The maximum atomic E-state index is 16.0. The van der Waals surface area contributed by atoms with Crippen molar-refractivity contribution in [2.24, 2.45) is 5.73 Å². The Balaban J connectivity index is 1.57. The smallest absolute Gasteiger partial charge is 0.267 e. The Kier molecular flexibility index (Phi) is 7.51. The largest absolute Gasteiger partial charge is 0.364 e. The summed E-state index contributed by atoms with van der Waals surface area (Å²) in [5.41, 5.74) is 6.16. The number of benzene rings is 1. The molecule has 0 bridgehead atoms. The number of primary amides is 1. The van der Waals surface area contributed by atoms with Gasteiger partial charge in [-0.15, -0.1) is 0 Å². The first-order valence-corrected chi connectivity index (χ1v) is 14.1. The Labute approximate surface area is 229 Å². The van der Waals surface area contributed by atoms with Crippen LogP contribution < -0.4 is 10.5 Å². The molecule has 13 heteroatoms. The summed E-state index contributed by atoms with van der Waals surface area (Å²) in [6, 6.07) is 7.21. The van der Waals surface area contributed by atoms with E-state index in [0.717, 1.165) is 38.1 Å². The number of anilines is 1. The van der Waals surface area contributed by atoms with E-state index in [2.05, 4.69) is 14.6 Å². The van der Waals surface area contributed by atoms with E-state index in [1.807, 2.05) is 7.05 Å². The molecule has 0 spiro atoms. The molecule has 1 aromatic carbocycles. The minimum atomic E-state index is -4.56. The molecule has 1 aliphatic heterocycles. The topological polar surface area (TPSA) is 123 Å². The van der Waals surface area contributed by atoms with E-state index in [1.165, 1.54) is 30.5 Å². The molecule has 3 N–H and O–H groups in total. The fourth-order valence-electron chi connectivity index (χ4n) is 4.85. The lowest BCUT2D eigenvalue weighted by molar-refractivity contribution is 0.0995. The van der Waals surface area contributed by atoms with Crippen LogP contribution in [0.1, 0.15) is 29.4 Å². The molecule has 2 unspecified atom stereocenters. The molecule has 5 rings (SSSR count). The molecule has 210 valence electrons. The molecular formula is C27H27F3N6O3S. The third-order valence-corrected chi connectivity index (χ3v) is 8.68. The number of rotatable bonds is 7. The van der Waals surface area contributed by atoms with E-state index in [1.54, 1.807) is 16.9 Å². The number of halogens is 3. The summed E-state index contributed by atoms with van der Waals surface area (Å²) in [5.74, 6) is -2.59. The van der Waals surface area contributed by atoms with Gasteiger partial charge in [0, 0.05) is 23.5 Å². The van der Waals surface area contributed by atoms with Crippen LogP contribution in [0.3, 0.4) is 0 Å². The summed E-state index contributed by atoms with van der Waals surface area (Å²) in [5, 5.41) is 2.83. The third kappa shape index (κ3) is 5.52. The summed E-state index contributed by atoms with van der Waals surface area (Å²) in [7, 11) is -2.53. The average Bonchev–Trinajstić information content (AvgIpc) is 3.37. The number of aromatic nitrogens is 3. The standard InChI is InChI=1S/C27H27F3N6O3S/c1-35-11-8-18(9-12-35)36-15-20(16-7-10-32-23(13-16)27(31)37)26(33-36)19-3-2-4-22(25(19)30)34-40(38,39)24-14-17(28)5-6-21(24)29/h2-7,10,13-15,18,21,24,34H,8-9,11-12H2,1H3,(H2,31,37). The van der Waals surface area contributed by atoms with Crippen molar-refractivity contribution in [3.8, 4) is 22.4 Å². The van der Waals surface area contributed by atoms with Gasteiger partial charge in [0.1, 0.15) is 28.6 Å². The van der Waals surface area contributed by atoms with E-state index in [4.69, 9.17) is 10.8 Å². The number of allylic oxidation sites excluding steroid dienone is 3. The molecule has 3 aromatic rings. The Hall–Kier alpha value is -3.97. The second-order valence-corrected chi connectivity index (χ2v) is 11.7. The van der Waals surface area contributed by atoms with Gasteiger partial charge in [0.05, 0.1) is 11.7 Å². The minimum Gasteiger partial charge on any atom is -0.364 e. The second-order valence-electron chi connectivity index (χ2n) is 9.83. The van der Waals surface area contributed by atoms with Crippen LogP contribution in [0, 0.1) is 5.82 Å². The van der Waals surface area contributed by atoms with E-state index in [0.29, 0.717) is 17.2 Å². The number of carbonyl (C=O) groups is 1. The van der Waals surface area contributed by atoms with Crippen LogP contribution in [0.4, 0.5) is 18.9 Å². The van der Waals surface area contributed by atoms with Crippen molar-refractivity contribution in [3.63, 3.8) is 0 Å². The van der Waals surface area contributed by atoms with Crippen molar-refractivity contribution in [1.29, 1.82) is 0 Å². The van der Waals surface area contributed by atoms with E-state index < -0.39 is 44.7 Å². The highest BCUT2D eigenvalue weighted by Crippen LogP contribution is 2.37. The number of nitrogens with two attached hydrogens (primary N) is 1. The molecule has 3 heterocycles. The number of carbonyl (C=O) groups excluding carboxylic acids is 1. The molecule has 2 atom stereocenters. The highest BCUT2D eigenvalue weighted by molar-refractivity contribution is 7.93. The average molecular weight is 573 g/mol. The molecule has 1 fully saturated rings. The van der Waals surface area contributed by atoms with Crippen LogP contribution in [0.2, 0.25) is 0 Å². The molecular weight excluding hydrogens is 545 g/mol.